The summed E-state index contributed by atoms with van der Waals surface area (Å²) in [7, 11) is 1.14. The van der Waals surface area contributed by atoms with Crippen LogP contribution in [-0.4, -0.2) is 62.8 Å². The minimum atomic E-state index is -2.50. The van der Waals surface area contributed by atoms with Crippen molar-refractivity contribution < 1.29 is 67.7 Å². The van der Waals surface area contributed by atoms with Gasteiger partial charge in [-0.05, 0) is 123 Å². The summed E-state index contributed by atoms with van der Waals surface area (Å²) in [5, 5.41) is 43.1. The number of ketones is 1. The van der Waals surface area contributed by atoms with Crippen molar-refractivity contribution in [2.24, 2.45) is 0 Å². The Kier molecular flexibility index (Phi) is 11.0. The van der Waals surface area contributed by atoms with Crippen LogP contribution in [-0.2, 0) is 14.3 Å². The second-order valence-electron chi connectivity index (χ2n) is 12.6. The van der Waals surface area contributed by atoms with Crippen molar-refractivity contribution in [3.8, 4) is 28.7 Å². The maximum absolute atomic E-state index is 15.9. The van der Waals surface area contributed by atoms with Crippen molar-refractivity contribution in [3.05, 3.63) is 95.0 Å². The smallest absolute Gasteiger partial charge is 0.356 e. The second-order valence-corrected chi connectivity index (χ2v) is 13.4. The molecule has 280 valence electrons. The van der Waals surface area contributed by atoms with Crippen LogP contribution in [0.5, 0.6) is 28.7 Å². The summed E-state index contributed by atoms with van der Waals surface area (Å²) in [5.41, 5.74) is -2.87. The number of carboxylic acids is 1. The number of aliphatic hydroxyl groups is 1. The number of aromatic hydroxyl groups is 2. The van der Waals surface area contributed by atoms with Crippen LogP contribution in [0.2, 0.25) is 0 Å². The monoisotopic (exact) mass is 798 g/mol. The molecule has 0 saturated carbocycles. The minimum Gasteiger partial charge on any atom is -0.507 e. The summed E-state index contributed by atoms with van der Waals surface area (Å²) in [6.45, 7) is 12.7. The highest BCUT2D eigenvalue weighted by Crippen LogP contribution is 2.45. The molecule has 0 unspecified atom stereocenters. The molecule has 0 fully saturated rings. The zero-order chi connectivity index (χ0) is 40.2. The molecule has 4 N–H and O–H groups in total. The Morgan fingerprint density at radius 1 is 0.660 bits per heavy atom. The Morgan fingerprint density at radius 3 is 1.64 bits per heavy atom. The summed E-state index contributed by atoms with van der Waals surface area (Å²) in [5.74, 6) is -9.61. The zero-order valence-electron chi connectivity index (χ0n) is 30.4. The van der Waals surface area contributed by atoms with Crippen molar-refractivity contribution in [1.82, 2.24) is 0 Å². The van der Waals surface area contributed by atoms with Gasteiger partial charge in [0.25, 0.3) is 0 Å². The number of phenols is 2. The highest BCUT2D eigenvalue weighted by molar-refractivity contribution is 9.10. The lowest BCUT2D eigenvalue weighted by Crippen LogP contribution is -2.47. The van der Waals surface area contributed by atoms with Crippen LogP contribution in [0.1, 0.15) is 82.5 Å². The number of ether oxygens (including phenoxy) is 4. The summed E-state index contributed by atoms with van der Waals surface area (Å²) in [6, 6.07) is 0. The van der Waals surface area contributed by atoms with Crippen LogP contribution in [0.15, 0.2) is 28.0 Å². The average molecular weight is 800 g/mol. The molecule has 0 bridgehead atoms. The van der Waals surface area contributed by atoms with Gasteiger partial charge in [0.05, 0.1) is 12.7 Å². The van der Waals surface area contributed by atoms with E-state index in [9.17, 15) is 44.4 Å². The second kappa shape index (κ2) is 14.5. The van der Waals surface area contributed by atoms with Gasteiger partial charge in [0.15, 0.2) is 23.1 Å². The third-order valence-electron chi connectivity index (χ3n) is 9.60. The molecule has 1 atom stereocenters. The lowest BCUT2D eigenvalue weighted by atomic mass is 9.87. The van der Waals surface area contributed by atoms with Gasteiger partial charge in [0.1, 0.15) is 38.6 Å². The van der Waals surface area contributed by atoms with Gasteiger partial charge in [-0.3, -0.25) is 4.79 Å². The van der Waals surface area contributed by atoms with Gasteiger partial charge >= 0.3 is 23.9 Å². The molecule has 0 aliphatic heterocycles. The van der Waals surface area contributed by atoms with E-state index in [1.165, 1.54) is 27.7 Å². The normalized spacial score (nSPS) is 15.4. The Morgan fingerprint density at radius 2 is 1.13 bits per heavy atom. The van der Waals surface area contributed by atoms with E-state index in [2.05, 4.69) is 15.9 Å². The van der Waals surface area contributed by atoms with Crippen molar-refractivity contribution in [3.63, 3.8) is 0 Å². The lowest BCUT2D eigenvalue weighted by molar-refractivity contribution is -0.151. The fraction of sp³-hybridized carbons (Fsp3) is 0.289. The summed E-state index contributed by atoms with van der Waals surface area (Å²) in [6.07, 6.45) is 1.94. The third-order valence-corrected chi connectivity index (χ3v) is 10.3. The van der Waals surface area contributed by atoms with E-state index in [1.807, 2.05) is 0 Å². The van der Waals surface area contributed by atoms with Crippen molar-refractivity contribution in [2.45, 2.75) is 67.9 Å². The molecule has 0 spiro atoms. The standard InChI is InChI=1S/C38H36BrFO13/c1-13-11-22(41)12-23(50-10)38(13,49)37(48)53-32-19(7)16(4)25(30(43)27(32)39)35(46)52-33-21(9)29(42)26(20(8)28(33)40)36(47)51-31-17(5)14(2)24(34(44)45)15(3)18(31)6/h11-12,42-43,49H,1-10H3,(H,44,45)/t38-/m1/s1. The topological polar surface area (TPSA) is 203 Å². The molecule has 15 heteroatoms. The number of aromatic carboxylic acids is 1. The van der Waals surface area contributed by atoms with Crippen LogP contribution < -0.4 is 14.2 Å². The largest absolute Gasteiger partial charge is 0.507 e. The molecule has 0 heterocycles. The first kappa shape index (κ1) is 40.2. The Labute approximate surface area is 311 Å². The number of rotatable bonds is 8. The van der Waals surface area contributed by atoms with E-state index in [-0.39, 0.29) is 43.8 Å². The zero-order valence-corrected chi connectivity index (χ0v) is 32.0. The highest BCUT2D eigenvalue weighted by Gasteiger charge is 2.48. The predicted molar refractivity (Wildman–Crippen MR) is 190 cm³/mol. The predicted octanol–water partition coefficient (Wildman–Crippen LogP) is 6.30. The first-order valence-corrected chi connectivity index (χ1v) is 16.6. The molecule has 0 aromatic heterocycles. The molecular formula is C38H36BrFO13. The number of carbonyl (C=O) groups is 5. The molecule has 53 heavy (non-hydrogen) atoms. The number of methoxy groups -OCH3 is 1. The van der Waals surface area contributed by atoms with Crippen LogP contribution in [0.3, 0.4) is 0 Å². The molecule has 13 nitrogen and oxygen atoms in total. The molecule has 3 aromatic rings. The van der Waals surface area contributed by atoms with E-state index in [1.54, 1.807) is 27.7 Å². The van der Waals surface area contributed by atoms with E-state index < -0.39 is 80.8 Å². The maximum Gasteiger partial charge on any atom is 0.356 e. The van der Waals surface area contributed by atoms with Crippen molar-refractivity contribution >= 4 is 45.6 Å². The van der Waals surface area contributed by atoms with E-state index in [4.69, 9.17) is 18.9 Å². The first-order chi connectivity index (χ1) is 24.5. The molecule has 0 saturated heterocycles. The van der Waals surface area contributed by atoms with Gasteiger partial charge in [0, 0.05) is 17.2 Å². The first-order valence-electron chi connectivity index (χ1n) is 15.8. The molecule has 1 aliphatic rings. The number of carboxylic acid groups (broad SMARTS) is 1. The number of benzene rings is 3. The third kappa shape index (κ3) is 6.54. The van der Waals surface area contributed by atoms with Gasteiger partial charge in [-0.2, -0.15) is 0 Å². The van der Waals surface area contributed by atoms with E-state index >= 15 is 4.39 Å². The van der Waals surface area contributed by atoms with Crippen LogP contribution in [0.4, 0.5) is 4.39 Å². The number of hydrogen-bond acceptors (Lipinski definition) is 12. The molecule has 3 aromatic carbocycles. The maximum atomic E-state index is 15.9. The lowest BCUT2D eigenvalue weighted by Gasteiger charge is -2.30. The van der Waals surface area contributed by atoms with Crippen LogP contribution in [0.25, 0.3) is 0 Å². The van der Waals surface area contributed by atoms with Gasteiger partial charge in [0.2, 0.25) is 5.60 Å². The Hall–Kier alpha value is -5.54. The minimum absolute atomic E-state index is 0.0172. The molecule has 0 amide bonds. The number of phenolic OH excluding ortho intramolecular Hbond substituents is 2. The van der Waals surface area contributed by atoms with Gasteiger partial charge in [-0.1, -0.05) is 0 Å². The van der Waals surface area contributed by atoms with Crippen molar-refractivity contribution in [1.29, 1.82) is 0 Å². The van der Waals surface area contributed by atoms with Crippen molar-refractivity contribution in [2.75, 3.05) is 7.11 Å². The molecule has 4 rings (SSSR count). The van der Waals surface area contributed by atoms with Gasteiger partial charge in [-0.15, -0.1) is 0 Å². The number of hydrogen-bond donors (Lipinski definition) is 4. The summed E-state index contributed by atoms with van der Waals surface area (Å²) >= 11 is 3.11. The van der Waals surface area contributed by atoms with Crippen LogP contribution in [0, 0.1) is 61.2 Å². The number of carbonyl (C=O) groups excluding carboxylic acids is 4. The highest BCUT2D eigenvalue weighted by atomic mass is 79.9. The Balaban J connectivity index is 1.70. The number of allylic oxidation sites excluding steroid dienone is 2. The Bertz CT molecular complexity index is 2160. The number of esters is 3. The molecule has 1 aliphatic carbocycles. The average Bonchev–Trinajstić information content (AvgIpc) is 3.09. The van der Waals surface area contributed by atoms with Gasteiger partial charge < -0.3 is 39.4 Å². The number of halogens is 2. The van der Waals surface area contributed by atoms with E-state index in [0.29, 0.717) is 22.3 Å². The van der Waals surface area contributed by atoms with Crippen LogP contribution >= 0.6 is 15.9 Å². The fourth-order valence-electron chi connectivity index (χ4n) is 6.04. The molecular weight excluding hydrogens is 763 g/mol. The van der Waals surface area contributed by atoms with E-state index in [0.717, 1.165) is 26.2 Å². The summed E-state index contributed by atoms with van der Waals surface area (Å²) < 4.78 is 37.1. The quantitative estimate of drug-likeness (QED) is 0.146. The van der Waals surface area contributed by atoms with Gasteiger partial charge in [-0.25, -0.2) is 23.6 Å². The SMILES string of the molecule is COC1=CC(=O)C=C(C)[C@]1(O)C(=O)Oc1c(C)c(C)c(C(=O)Oc2c(C)c(O)c(C(=O)Oc3c(C)c(C)c(C(=O)O)c(C)c3C)c(C)c2F)c(O)c1Br. The molecule has 0 radical (unpaired) electrons. The summed E-state index contributed by atoms with van der Waals surface area (Å²) in [4.78, 5) is 64.1. The fourth-order valence-corrected chi connectivity index (χ4v) is 6.62.